The number of hydrogen-bond acceptors (Lipinski definition) is 1. The highest BCUT2D eigenvalue weighted by Gasteiger charge is 2.91. The highest BCUT2D eigenvalue weighted by Crippen LogP contribution is 2.60. The van der Waals surface area contributed by atoms with E-state index in [0.29, 0.717) is 6.42 Å². The molecule has 15 heteroatoms. The van der Waals surface area contributed by atoms with Crippen LogP contribution in [0.5, 0.6) is 0 Å². The van der Waals surface area contributed by atoms with Gasteiger partial charge < -0.3 is 4.90 Å². The maximum Gasteiger partial charge on any atom is 0.460 e. The van der Waals surface area contributed by atoms with Crippen molar-refractivity contribution in [2.45, 2.75) is 68.0 Å². The van der Waals surface area contributed by atoms with Gasteiger partial charge in [-0.2, -0.15) is 57.1 Å². The number of amides is 1. The van der Waals surface area contributed by atoms with Crippen molar-refractivity contribution in [3.8, 4) is 0 Å². The summed E-state index contributed by atoms with van der Waals surface area (Å²) in [5.41, 5.74) is 0. The van der Waals surface area contributed by atoms with Crippen molar-refractivity contribution >= 4 is 5.91 Å². The molecule has 0 radical (unpaired) electrons. The van der Waals surface area contributed by atoms with Crippen LogP contribution in [0.15, 0.2) is 0 Å². The quantitative estimate of drug-likeness (QED) is 0.538. The molecule has 1 aliphatic heterocycles. The highest BCUT2D eigenvalue weighted by atomic mass is 19.4. The van der Waals surface area contributed by atoms with Crippen LogP contribution in [-0.4, -0.2) is 59.2 Å². The topological polar surface area (TPSA) is 20.3 Å². The Morgan fingerprint density at radius 2 is 1.14 bits per heavy atom. The summed E-state index contributed by atoms with van der Waals surface area (Å²) in [7, 11) is 0. The fourth-order valence-electron chi connectivity index (χ4n) is 2.48. The lowest BCUT2D eigenvalue weighted by molar-refractivity contribution is -0.436. The zero-order valence-electron chi connectivity index (χ0n) is 13.7. The van der Waals surface area contributed by atoms with Crippen molar-refractivity contribution in [1.82, 2.24) is 4.90 Å². The molecule has 1 unspecified atom stereocenters. The van der Waals surface area contributed by atoms with Crippen LogP contribution < -0.4 is 0 Å². The lowest BCUT2D eigenvalue weighted by Crippen LogP contribution is -2.72. The third-order valence-electron chi connectivity index (χ3n) is 4.27. The van der Waals surface area contributed by atoms with E-state index >= 15 is 0 Å². The molecule has 1 aliphatic rings. The smallest absolute Gasteiger partial charge is 0.335 e. The average Bonchev–Trinajstić information content (AvgIpc) is 2.52. The molecule has 0 bridgehead atoms. The van der Waals surface area contributed by atoms with Crippen LogP contribution >= 0.6 is 0 Å². The first-order valence-corrected chi connectivity index (χ1v) is 7.44. The molecule has 28 heavy (non-hydrogen) atoms. The van der Waals surface area contributed by atoms with Gasteiger partial charge >= 0.3 is 35.8 Å². The number of carbonyl (C=O) groups is 1. The molecule has 0 saturated carbocycles. The summed E-state index contributed by atoms with van der Waals surface area (Å²) in [6, 6.07) is -1.21. The molecule has 1 saturated heterocycles. The number of rotatable bonds is 5. The summed E-state index contributed by atoms with van der Waals surface area (Å²) in [5, 5.41) is 0. The van der Waals surface area contributed by atoms with Crippen LogP contribution in [0.4, 0.5) is 57.1 Å². The van der Waals surface area contributed by atoms with Crippen molar-refractivity contribution in [1.29, 1.82) is 0 Å². The second-order valence-electron chi connectivity index (χ2n) is 6.21. The second-order valence-corrected chi connectivity index (χ2v) is 6.21. The summed E-state index contributed by atoms with van der Waals surface area (Å²) in [4.78, 5) is 11.6. The predicted octanol–water partition coefficient (Wildman–Crippen LogP) is 5.13. The second kappa shape index (κ2) is 6.82. The first-order valence-electron chi connectivity index (χ1n) is 7.44. The summed E-state index contributed by atoms with van der Waals surface area (Å²) < 4.78 is 169. The number of hydrogen-bond donors (Lipinski definition) is 0. The lowest BCUT2D eigenvalue weighted by Gasteiger charge is -2.41. The molecule has 0 N–H and O–H groups in total. The van der Waals surface area contributed by atoms with Crippen LogP contribution in [0.2, 0.25) is 0 Å². The summed E-state index contributed by atoms with van der Waals surface area (Å²) in [6.07, 6.45) is -7.25. The van der Waals surface area contributed by atoms with Crippen LogP contribution in [0, 0.1) is 0 Å². The zero-order valence-corrected chi connectivity index (χ0v) is 13.7. The van der Waals surface area contributed by atoms with Gasteiger partial charge in [0, 0.05) is 12.6 Å². The standard InChI is InChI=1S/C13H12F13NO/c1-6-4-2-3-5-27(6)7(28)8(14,15)9(16,17)10(18,19)11(20,21)12(22,23)13(24,25)26/h6H,2-5H2,1H3. The van der Waals surface area contributed by atoms with Crippen molar-refractivity contribution in [3.05, 3.63) is 0 Å². The summed E-state index contributed by atoms with van der Waals surface area (Å²) in [5.74, 6) is -41.1. The Kier molecular flexibility index (Phi) is 5.99. The van der Waals surface area contributed by atoms with E-state index in [1.165, 1.54) is 0 Å². The largest absolute Gasteiger partial charge is 0.460 e. The number of piperidine rings is 1. The van der Waals surface area contributed by atoms with Crippen molar-refractivity contribution in [3.63, 3.8) is 0 Å². The van der Waals surface area contributed by atoms with Gasteiger partial charge in [-0.15, -0.1) is 0 Å². The number of likely N-dealkylation sites (tertiary alicyclic amines) is 1. The van der Waals surface area contributed by atoms with E-state index in [1.807, 2.05) is 0 Å². The average molecular weight is 445 g/mol. The predicted molar refractivity (Wildman–Crippen MR) is 65.8 cm³/mol. The maximum atomic E-state index is 13.8. The third-order valence-corrected chi connectivity index (χ3v) is 4.27. The van der Waals surface area contributed by atoms with Gasteiger partial charge in [-0.25, -0.2) is 0 Å². The van der Waals surface area contributed by atoms with Crippen LogP contribution in [-0.2, 0) is 4.79 Å². The van der Waals surface area contributed by atoms with Crippen LogP contribution in [0.1, 0.15) is 26.2 Å². The molecule has 2 nitrogen and oxygen atoms in total. The Labute approximate surface area is 148 Å². The number of alkyl halides is 13. The van der Waals surface area contributed by atoms with Crippen molar-refractivity contribution in [2.24, 2.45) is 0 Å². The van der Waals surface area contributed by atoms with E-state index in [1.54, 1.807) is 0 Å². The molecule has 1 fully saturated rings. The van der Waals surface area contributed by atoms with Crippen molar-refractivity contribution < 1.29 is 61.9 Å². The van der Waals surface area contributed by atoms with E-state index in [2.05, 4.69) is 0 Å². The van der Waals surface area contributed by atoms with E-state index in [4.69, 9.17) is 0 Å². The molecule has 1 atom stereocenters. The Morgan fingerprint density at radius 3 is 1.54 bits per heavy atom. The summed E-state index contributed by atoms with van der Waals surface area (Å²) in [6.45, 7) is 0.377. The lowest BCUT2D eigenvalue weighted by atomic mass is 9.92. The number of halogens is 13. The van der Waals surface area contributed by atoms with E-state index in [0.717, 1.165) is 6.92 Å². The molecular weight excluding hydrogens is 433 g/mol. The van der Waals surface area contributed by atoms with Gasteiger partial charge in [-0.1, -0.05) is 0 Å². The molecule has 0 aromatic carbocycles. The van der Waals surface area contributed by atoms with E-state index in [-0.39, 0.29) is 17.7 Å². The van der Waals surface area contributed by atoms with Gasteiger partial charge in [0.15, 0.2) is 0 Å². The number of carbonyl (C=O) groups excluding carboxylic acids is 1. The molecule has 0 spiro atoms. The minimum Gasteiger partial charge on any atom is -0.335 e. The molecule has 1 amide bonds. The van der Waals surface area contributed by atoms with Gasteiger partial charge in [-0.05, 0) is 26.2 Å². The SMILES string of the molecule is CC1CCCCN1C(=O)C(F)(F)C(F)(F)C(F)(F)C(F)(F)C(F)(F)C(F)(F)F. The summed E-state index contributed by atoms with van der Waals surface area (Å²) >= 11 is 0. The highest BCUT2D eigenvalue weighted by molar-refractivity contribution is 5.85. The van der Waals surface area contributed by atoms with E-state index < -0.39 is 54.3 Å². The van der Waals surface area contributed by atoms with Gasteiger partial charge in [0.25, 0.3) is 5.91 Å². The van der Waals surface area contributed by atoms with Crippen LogP contribution in [0.3, 0.4) is 0 Å². The molecule has 1 heterocycles. The molecular formula is C13H12F13NO. The minimum absolute atomic E-state index is 0.0452. The maximum absolute atomic E-state index is 13.8. The Morgan fingerprint density at radius 1 is 0.714 bits per heavy atom. The molecule has 1 rings (SSSR count). The number of nitrogens with zero attached hydrogens (tertiary/aromatic N) is 1. The first-order chi connectivity index (χ1) is 12.2. The Hall–Kier alpha value is -1.44. The van der Waals surface area contributed by atoms with E-state index in [9.17, 15) is 61.9 Å². The molecule has 0 aliphatic carbocycles. The fraction of sp³-hybridized carbons (Fsp3) is 0.923. The zero-order chi connectivity index (χ0) is 22.6. The molecule has 166 valence electrons. The third kappa shape index (κ3) is 3.27. The van der Waals surface area contributed by atoms with Gasteiger partial charge in [0.1, 0.15) is 0 Å². The van der Waals surface area contributed by atoms with Crippen LogP contribution in [0.25, 0.3) is 0 Å². The molecule has 0 aromatic rings. The van der Waals surface area contributed by atoms with Gasteiger partial charge in [0.05, 0.1) is 0 Å². The first kappa shape index (κ1) is 24.6. The van der Waals surface area contributed by atoms with Gasteiger partial charge in [-0.3, -0.25) is 4.79 Å². The van der Waals surface area contributed by atoms with Crippen molar-refractivity contribution in [2.75, 3.05) is 6.54 Å². The Bertz CT molecular complexity index is 598. The van der Waals surface area contributed by atoms with Gasteiger partial charge in [0.2, 0.25) is 0 Å². The fourth-order valence-corrected chi connectivity index (χ4v) is 2.48. The Balaban J connectivity index is 3.42. The monoisotopic (exact) mass is 445 g/mol. The molecule has 0 aromatic heterocycles. The minimum atomic E-state index is -8.00. The normalized spacial score (nSPS) is 21.1.